The smallest absolute Gasteiger partial charge is 0.343 e. The first kappa shape index (κ1) is 16.4. The number of rotatable bonds is 3. The van der Waals surface area contributed by atoms with Gasteiger partial charge in [-0.1, -0.05) is 20.8 Å². The Hall–Kier alpha value is -2.48. The van der Waals surface area contributed by atoms with E-state index in [1.54, 1.807) is 6.07 Å². The van der Waals surface area contributed by atoms with Crippen molar-refractivity contribution in [2.75, 3.05) is 0 Å². The van der Waals surface area contributed by atoms with E-state index in [-0.39, 0.29) is 17.2 Å². The van der Waals surface area contributed by atoms with Crippen molar-refractivity contribution in [3.63, 3.8) is 0 Å². The molecule has 0 saturated carbocycles. The molecular formula is C16H19N5O2S. The third kappa shape index (κ3) is 3.23. The van der Waals surface area contributed by atoms with Crippen molar-refractivity contribution in [2.45, 2.75) is 39.2 Å². The molecule has 0 fully saturated rings. The molecule has 0 spiro atoms. The fourth-order valence-electron chi connectivity index (χ4n) is 2.28. The Morgan fingerprint density at radius 1 is 1.38 bits per heavy atom. The molecule has 2 N–H and O–H groups in total. The fourth-order valence-corrected chi connectivity index (χ4v) is 2.98. The minimum absolute atomic E-state index is 0.108. The van der Waals surface area contributed by atoms with Crippen LogP contribution < -0.4 is 11.0 Å². The topological polar surface area (TPSA) is 92.1 Å². The summed E-state index contributed by atoms with van der Waals surface area (Å²) in [5.74, 6) is -0.393. The Morgan fingerprint density at radius 2 is 2.12 bits per heavy atom. The number of aromatic amines is 1. The van der Waals surface area contributed by atoms with Crippen molar-refractivity contribution >= 4 is 22.2 Å². The molecule has 1 amide bonds. The average molecular weight is 345 g/mol. The van der Waals surface area contributed by atoms with E-state index in [9.17, 15) is 9.59 Å². The van der Waals surface area contributed by atoms with E-state index in [2.05, 4.69) is 20.3 Å². The average Bonchev–Trinajstić information content (AvgIpc) is 3.06. The van der Waals surface area contributed by atoms with E-state index in [0.29, 0.717) is 5.69 Å². The molecule has 24 heavy (non-hydrogen) atoms. The van der Waals surface area contributed by atoms with Crippen molar-refractivity contribution in [3.05, 3.63) is 51.4 Å². The number of hydrogen-bond acceptors (Lipinski definition) is 5. The van der Waals surface area contributed by atoms with Gasteiger partial charge >= 0.3 is 5.69 Å². The molecule has 8 heteroatoms. The van der Waals surface area contributed by atoms with E-state index in [0.717, 1.165) is 10.7 Å². The van der Waals surface area contributed by atoms with Gasteiger partial charge in [-0.3, -0.25) is 9.20 Å². The lowest BCUT2D eigenvalue weighted by molar-refractivity contribution is 0.0933. The molecule has 3 heterocycles. The second kappa shape index (κ2) is 5.86. The third-order valence-electron chi connectivity index (χ3n) is 3.69. The molecule has 0 aliphatic heterocycles. The first-order valence-corrected chi connectivity index (χ1v) is 8.47. The number of nitrogens with one attached hydrogen (secondary N) is 2. The van der Waals surface area contributed by atoms with Gasteiger partial charge in [0.2, 0.25) is 0 Å². The number of hydrogen-bond donors (Lipinski definition) is 2. The highest BCUT2D eigenvalue weighted by Crippen LogP contribution is 2.20. The zero-order valence-corrected chi connectivity index (χ0v) is 14.8. The van der Waals surface area contributed by atoms with Crippen LogP contribution in [0, 0.1) is 0 Å². The summed E-state index contributed by atoms with van der Waals surface area (Å²) in [5.41, 5.74) is 0.731. The van der Waals surface area contributed by atoms with Gasteiger partial charge in [-0.05, 0) is 13.0 Å². The van der Waals surface area contributed by atoms with Gasteiger partial charge in [-0.2, -0.15) is 4.98 Å². The summed E-state index contributed by atoms with van der Waals surface area (Å²) in [5, 5.41) is 4.79. The van der Waals surface area contributed by atoms with Gasteiger partial charge in [-0.15, -0.1) is 11.3 Å². The zero-order chi connectivity index (χ0) is 17.5. The minimum Gasteiger partial charge on any atom is -0.343 e. The molecule has 3 rings (SSSR count). The number of nitrogens with zero attached hydrogens (tertiary/aromatic N) is 3. The van der Waals surface area contributed by atoms with Crippen molar-refractivity contribution in [3.8, 4) is 0 Å². The van der Waals surface area contributed by atoms with Gasteiger partial charge in [0, 0.05) is 28.9 Å². The summed E-state index contributed by atoms with van der Waals surface area (Å²) in [7, 11) is 0. The van der Waals surface area contributed by atoms with Crippen LogP contribution in [0.2, 0.25) is 0 Å². The number of fused-ring (bicyclic) bond motifs is 1. The maximum atomic E-state index is 12.5. The van der Waals surface area contributed by atoms with Crippen LogP contribution in [0.15, 0.2) is 28.6 Å². The lowest BCUT2D eigenvalue weighted by Gasteiger charge is -2.19. The van der Waals surface area contributed by atoms with Crippen LogP contribution in [0.5, 0.6) is 0 Å². The van der Waals surface area contributed by atoms with E-state index >= 15 is 0 Å². The summed E-state index contributed by atoms with van der Waals surface area (Å²) in [6.07, 6.45) is 3.79. The third-order valence-corrected chi connectivity index (χ3v) is 4.46. The van der Waals surface area contributed by atoms with Crippen LogP contribution >= 0.6 is 11.3 Å². The predicted molar refractivity (Wildman–Crippen MR) is 92.5 cm³/mol. The van der Waals surface area contributed by atoms with Crippen molar-refractivity contribution in [1.29, 1.82) is 0 Å². The van der Waals surface area contributed by atoms with Gasteiger partial charge in [0.1, 0.15) is 5.69 Å². The van der Waals surface area contributed by atoms with Crippen LogP contribution in [0.3, 0.4) is 0 Å². The number of H-pyrrole nitrogens is 1. The zero-order valence-electron chi connectivity index (χ0n) is 14.0. The second-order valence-corrected chi connectivity index (χ2v) is 7.56. The van der Waals surface area contributed by atoms with Crippen LogP contribution in [-0.4, -0.2) is 25.3 Å². The number of carbonyl (C=O) groups is 1. The lowest BCUT2D eigenvalue weighted by Crippen LogP contribution is -2.31. The summed E-state index contributed by atoms with van der Waals surface area (Å²) in [4.78, 5) is 36.0. The SMILES string of the molecule is C[C@H](NC(=O)c1cc(C(C)(C)C)[nH]c(=O)n1)c1cn2ccsc2n1. The van der Waals surface area contributed by atoms with Crippen molar-refractivity contribution in [2.24, 2.45) is 0 Å². The first-order chi connectivity index (χ1) is 11.2. The minimum atomic E-state index is -0.525. The molecule has 0 bridgehead atoms. The first-order valence-electron chi connectivity index (χ1n) is 7.59. The van der Waals surface area contributed by atoms with Crippen LogP contribution in [0.25, 0.3) is 4.96 Å². The Bertz CT molecular complexity index is 919. The standard InChI is InChI=1S/C16H19N5O2S/c1-9(11-8-21-5-6-24-15(21)19-11)17-13(22)10-7-12(16(2,3)4)20-14(23)18-10/h5-9H,1-4H3,(H,17,22)(H,18,20,23)/t9-/m0/s1. The second-order valence-electron chi connectivity index (χ2n) is 6.69. The highest BCUT2D eigenvalue weighted by Gasteiger charge is 2.20. The summed E-state index contributed by atoms with van der Waals surface area (Å²) in [6, 6.07) is 1.33. The number of amides is 1. The molecule has 3 aromatic heterocycles. The molecule has 0 aliphatic carbocycles. The Kier molecular flexibility index (Phi) is 4.00. The number of thiazole rings is 1. The van der Waals surface area contributed by atoms with E-state index < -0.39 is 11.6 Å². The quantitative estimate of drug-likeness (QED) is 0.762. The highest BCUT2D eigenvalue weighted by molar-refractivity contribution is 7.15. The van der Waals surface area contributed by atoms with Crippen LogP contribution in [0.4, 0.5) is 0 Å². The molecule has 1 atom stereocenters. The summed E-state index contributed by atoms with van der Waals surface area (Å²) in [6.45, 7) is 7.73. The monoisotopic (exact) mass is 345 g/mol. The number of carbonyl (C=O) groups excluding carboxylic acids is 1. The van der Waals surface area contributed by atoms with Gasteiger partial charge in [0.25, 0.3) is 5.91 Å². The fraction of sp³-hybridized carbons (Fsp3) is 0.375. The highest BCUT2D eigenvalue weighted by atomic mass is 32.1. The van der Waals surface area contributed by atoms with Crippen molar-refractivity contribution < 1.29 is 4.79 Å². The normalized spacial score (nSPS) is 13.2. The van der Waals surface area contributed by atoms with E-state index in [1.165, 1.54) is 11.3 Å². The van der Waals surface area contributed by atoms with Crippen molar-refractivity contribution in [1.82, 2.24) is 24.7 Å². The molecule has 126 valence electrons. The Labute approximate surface area is 142 Å². The summed E-state index contributed by atoms with van der Waals surface area (Å²) >= 11 is 1.53. The molecule has 0 radical (unpaired) electrons. The van der Waals surface area contributed by atoms with E-state index in [1.807, 2.05) is 49.9 Å². The molecule has 0 aromatic carbocycles. The number of aromatic nitrogens is 4. The largest absolute Gasteiger partial charge is 0.345 e. The summed E-state index contributed by atoms with van der Waals surface area (Å²) < 4.78 is 1.91. The van der Waals surface area contributed by atoms with Gasteiger partial charge in [0.15, 0.2) is 4.96 Å². The molecule has 3 aromatic rings. The maximum absolute atomic E-state index is 12.5. The van der Waals surface area contributed by atoms with E-state index in [4.69, 9.17) is 0 Å². The molecule has 7 nitrogen and oxygen atoms in total. The van der Waals surface area contributed by atoms with Gasteiger partial charge in [0.05, 0.1) is 11.7 Å². The maximum Gasteiger partial charge on any atom is 0.345 e. The van der Waals surface area contributed by atoms with Gasteiger partial charge in [-0.25, -0.2) is 9.78 Å². The van der Waals surface area contributed by atoms with Gasteiger partial charge < -0.3 is 10.3 Å². The van der Waals surface area contributed by atoms with Crippen LogP contribution in [-0.2, 0) is 5.41 Å². The molecule has 0 aliphatic rings. The molecule has 0 unspecified atom stereocenters. The molecular weight excluding hydrogens is 326 g/mol. The lowest BCUT2D eigenvalue weighted by atomic mass is 9.91. The molecule has 0 saturated heterocycles. The van der Waals surface area contributed by atoms with Crippen LogP contribution in [0.1, 0.15) is 55.6 Å². The Balaban J connectivity index is 1.83. The predicted octanol–water partition coefficient (Wildman–Crippen LogP) is 2.27. The Morgan fingerprint density at radius 3 is 2.79 bits per heavy atom. The number of imidazole rings is 1.